The molecule has 0 amide bonds. The minimum atomic E-state index is -0.731. The second kappa shape index (κ2) is 9.32. The Bertz CT molecular complexity index is 1060. The Morgan fingerprint density at radius 3 is 1.82 bits per heavy atom. The molecule has 3 nitrogen and oxygen atoms in total. The topological polar surface area (TPSA) is 63.3 Å². The predicted octanol–water partition coefficient (Wildman–Crippen LogP) is 5.96. The molecule has 0 aliphatic heterocycles. The highest BCUT2D eigenvalue weighted by atomic mass is 32.1. The Kier molecular flexibility index (Phi) is 6.83. The zero-order valence-corrected chi connectivity index (χ0v) is 17.7. The van der Waals surface area contributed by atoms with Gasteiger partial charge in [-0.1, -0.05) is 43.3 Å². The molecule has 28 heavy (non-hydrogen) atoms. The maximum Gasteiger partial charge on any atom is 0.306 e. The lowest BCUT2D eigenvalue weighted by Crippen LogP contribution is -2.17. The number of thiophene rings is 2. The molecule has 0 saturated carbocycles. The van der Waals surface area contributed by atoms with Crippen LogP contribution in [0.2, 0.25) is 0 Å². The monoisotopic (exact) mass is 411 g/mol. The summed E-state index contributed by atoms with van der Waals surface area (Å²) in [5, 5.41) is 15.7. The predicted molar refractivity (Wildman–Crippen MR) is 122 cm³/mol. The van der Waals surface area contributed by atoms with E-state index in [1.165, 1.54) is 25.7 Å². The van der Waals surface area contributed by atoms with Crippen molar-refractivity contribution in [3.8, 4) is 0 Å². The molecule has 0 radical (unpaired) electrons. The summed E-state index contributed by atoms with van der Waals surface area (Å²) in [6, 6.07) is 16.8. The summed E-state index contributed by atoms with van der Waals surface area (Å²) in [6.07, 6.45) is 1.59. The van der Waals surface area contributed by atoms with Crippen molar-refractivity contribution in [3.05, 3.63) is 70.4 Å². The molecule has 4 aromatic rings. The quantitative estimate of drug-likeness (QED) is 0.426. The number of fused-ring (bicyclic) bond motifs is 2. The van der Waals surface area contributed by atoms with Gasteiger partial charge in [-0.2, -0.15) is 0 Å². The molecule has 0 fully saturated rings. The summed E-state index contributed by atoms with van der Waals surface area (Å²) in [7, 11) is 0. The maximum atomic E-state index is 10.8. The second-order valence-electron chi connectivity index (χ2n) is 7.14. The van der Waals surface area contributed by atoms with E-state index in [1.54, 1.807) is 29.6 Å². The van der Waals surface area contributed by atoms with Crippen molar-refractivity contribution in [1.82, 2.24) is 0 Å². The van der Waals surface area contributed by atoms with Crippen LogP contribution in [0.4, 0.5) is 0 Å². The van der Waals surface area contributed by atoms with Crippen molar-refractivity contribution in [3.63, 3.8) is 0 Å². The third kappa shape index (κ3) is 4.98. The zero-order valence-electron chi connectivity index (χ0n) is 16.1. The molecular weight excluding hydrogens is 386 g/mol. The van der Waals surface area contributed by atoms with Gasteiger partial charge >= 0.3 is 5.97 Å². The van der Waals surface area contributed by atoms with Crippen molar-refractivity contribution in [2.24, 2.45) is 11.7 Å². The number of hydrogen-bond donors (Lipinski definition) is 2. The molecule has 0 aliphatic carbocycles. The van der Waals surface area contributed by atoms with E-state index >= 15 is 0 Å². The molecule has 2 heterocycles. The van der Waals surface area contributed by atoms with E-state index in [9.17, 15) is 4.79 Å². The SMILES string of the molecule is CC(Cc1csc2ccccc12)C(=O)O.CC(N)Cc1csc2ccccc12. The van der Waals surface area contributed by atoms with Crippen LogP contribution >= 0.6 is 22.7 Å². The molecule has 2 atom stereocenters. The molecule has 0 spiro atoms. The van der Waals surface area contributed by atoms with Crippen molar-refractivity contribution in [2.45, 2.75) is 32.7 Å². The highest BCUT2D eigenvalue weighted by molar-refractivity contribution is 7.17. The molecule has 2 aromatic carbocycles. The number of carboxylic acid groups (broad SMARTS) is 1. The Morgan fingerprint density at radius 2 is 1.36 bits per heavy atom. The van der Waals surface area contributed by atoms with Crippen LogP contribution in [0.5, 0.6) is 0 Å². The molecule has 0 saturated heterocycles. The number of hydrogen-bond acceptors (Lipinski definition) is 4. The molecule has 5 heteroatoms. The largest absolute Gasteiger partial charge is 0.481 e. The fraction of sp³-hybridized carbons (Fsp3) is 0.261. The van der Waals surface area contributed by atoms with Crippen LogP contribution in [0.15, 0.2) is 59.3 Å². The van der Waals surface area contributed by atoms with Gasteiger partial charge in [-0.15, -0.1) is 22.7 Å². The molecule has 4 rings (SSSR count). The molecule has 2 aromatic heterocycles. The number of aliphatic carboxylic acids is 1. The summed E-state index contributed by atoms with van der Waals surface area (Å²) in [4.78, 5) is 10.8. The minimum absolute atomic E-state index is 0.248. The first-order valence-corrected chi connectivity index (χ1v) is 11.1. The fourth-order valence-corrected chi connectivity index (χ4v) is 5.10. The van der Waals surface area contributed by atoms with Gasteiger partial charge in [0.15, 0.2) is 0 Å². The standard InChI is InChI=1S/C12H12O2S.C11H13NS/c1-8(12(13)14)6-9-7-15-11-5-3-2-4-10(9)11;1-8(12)6-9-7-13-11-5-3-2-4-10(9)11/h2-5,7-8H,6H2,1H3,(H,13,14);2-5,7-8H,6,12H2,1H3. The normalized spacial score (nSPS) is 13.1. The van der Waals surface area contributed by atoms with Gasteiger partial charge in [0.2, 0.25) is 0 Å². The first-order chi connectivity index (χ1) is 13.5. The summed E-state index contributed by atoms with van der Waals surface area (Å²) < 4.78 is 2.59. The molecule has 146 valence electrons. The van der Waals surface area contributed by atoms with Gasteiger partial charge in [-0.25, -0.2) is 0 Å². The molecule has 2 unspecified atom stereocenters. The van der Waals surface area contributed by atoms with E-state index in [2.05, 4.69) is 47.2 Å². The average molecular weight is 412 g/mol. The Morgan fingerprint density at radius 1 is 0.893 bits per heavy atom. The number of carbonyl (C=O) groups is 1. The van der Waals surface area contributed by atoms with Crippen molar-refractivity contribution in [1.29, 1.82) is 0 Å². The number of rotatable bonds is 5. The van der Waals surface area contributed by atoms with Gasteiger partial charge in [0, 0.05) is 15.4 Å². The van der Waals surface area contributed by atoms with Crippen molar-refractivity contribution >= 4 is 48.8 Å². The fourth-order valence-electron chi connectivity index (χ4n) is 3.15. The van der Waals surface area contributed by atoms with Crippen LogP contribution in [0.1, 0.15) is 25.0 Å². The lowest BCUT2D eigenvalue weighted by molar-refractivity contribution is -0.141. The third-order valence-electron chi connectivity index (χ3n) is 4.61. The van der Waals surface area contributed by atoms with E-state index in [0.717, 1.165) is 12.0 Å². The number of carboxylic acids is 1. The zero-order chi connectivity index (χ0) is 20.1. The summed E-state index contributed by atoms with van der Waals surface area (Å²) in [5.74, 6) is -1.05. The van der Waals surface area contributed by atoms with Gasteiger partial charge in [0.25, 0.3) is 0 Å². The highest BCUT2D eigenvalue weighted by Crippen LogP contribution is 2.28. The van der Waals surface area contributed by atoms with Gasteiger partial charge in [-0.05, 0) is 64.6 Å². The van der Waals surface area contributed by atoms with Gasteiger partial charge in [-0.3, -0.25) is 4.79 Å². The molecule has 3 N–H and O–H groups in total. The van der Waals surface area contributed by atoms with E-state index in [4.69, 9.17) is 10.8 Å². The first-order valence-electron chi connectivity index (χ1n) is 9.34. The molecule has 0 aliphatic rings. The second-order valence-corrected chi connectivity index (χ2v) is 8.96. The lowest BCUT2D eigenvalue weighted by Gasteiger charge is -2.04. The van der Waals surface area contributed by atoms with Crippen LogP contribution in [-0.2, 0) is 17.6 Å². The van der Waals surface area contributed by atoms with Gasteiger partial charge < -0.3 is 10.8 Å². The van der Waals surface area contributed by atoms with Crippen molar-refractivity contribution < 1.29 is 9.90 Å². The maximum absolute atomic E-state index is 10.8. The van der Waals surface area contributed by atoms with E-state index in [0.29, 0.717) is 6.42 Å². The highest BCUT2D eigenvalue weighted by Gasteiger charge is 2.14. The molecule has 0 bridgehead atoms. The Hall–Kier alpha value is -2.21. The van der Waals surface area contributed by atoms with Crippen molar-refractivity contribution in [2.75, 3.05) is 0 Å². The van der Waals surface area contributed by atoms with E-state index < -0.39 is 5.97 Å². The summed E-state index contributed by atoms with van der Waals surface area (Å²) >= 11 is 3.48. The molecular formula is C23H25NO2S2. The van der Waals surface area contributed by atoms with Crippen LogP contribution in [0.3, 0.4) is 0 Å². The average Bonchev–Trinajstić information content (AvgIpc) is 3.27. The Labute approximate surface area is 173 Å². The van der Waals surface area contributed by atoms with Crippen LogP contribution in [0, 0.1) is 5.92 Å². The van der Waals surface area contributed by atoms with Gasteiger partial charge in [0.1, 0.15) is 0 Å². The summed E-state index contributed by atoms with van der Waals surface area (Å²) in [5.41, 5.74) is 8.31. The Balaban J connectivity index is 0.000000162. The smallest absolute Gasteiger partial charge is 0.306 e. The van der Waals surface area contributed by atoms with E-state index in [-0.39, 0.29) is 12.0 Å². The first kappa shape index (κ1) is 20.5. The number of nitrogens with two attached hydrogens (primary N) is 1. The summed E-state index contributed by atoms with van der Waals surface area (Å²) in [6.45, 7) is 3.79. The van der Waals surface area contributed by atoms with Crippen LogP contribution < -0.4 is 5.73 Å². The van der Waals surface area contributed by atoms with E-state index in [1.807, 2.05) is 19.1 Å². The lowest BCUT2D eigenvalue weighted by atomic mass is 10.0. The van der Waals surface area contributed by atoms with Gasteiger partial charge in [0.05, 0.1) is 5.92 Å². The number of benzene rings is 2. The van der Waals surface area contributed by atoms with Crippen LogP contribution in [-0.4, -0.2) is 17.1 Å². The van der Waals surface area contributed by atoms with Crippen LogP contribution in [0.25, 0.3) is 20.2 Å². The minimum Gasteiger partial charge on any atom is -0.481 e. The third-order valence-corrected chi connectivity index (χ3v) is 6.64.